The van der Waals surface area contributed by atoms with Crippen molar-refractivity contribution in [3.8, 4) is 0 Å². The van der Waals surface area contributed by atoms with Crippen molar-refractivity contribution in [2.75, 3.05) is 21.3 Å². The zero-order valence-corrected chi connectivity index (χ0v) is 20.4. The predicted octanol–water partition coefficient (Wildman–Crippen LogP) is 5.36. The molecule has 1 aliphatic carbocycles. The van der Waals surface area contributed by atoms with Crippen molar-refractivity contribution in [3.63, 3.8) is 0 Å². The standard InChI is InChI=1S/C19H36O3Si3/c1-11-13-23(7,8)18-15-17(25(20-4,21-5)22-6)16(3)19(18)24(9,10)14-12-2/h11-12,15,17H,1-2,13-14H2,3-10H3. The third-order valence-electron chi connectivity index (χ3n) is 5.41. The van der Waals surface area contributed by atoms with Gasteiger partial charge in [-0.25, -0.2) is 0 Å². The minimum atomic E-state index is -2.78. The van der Waals surface area contributed by atoms with Crippen molar-refractivity contribution in [1.82, 2.24) is 0 Å². The third kappa shape index (κ3) is 4.26. The lowest BCUT2D eigenvalue weighted by atomic mass is 10.3. The van der Waals surface area contributed by atoms with Crippen molar-refractivity contribution in [2.45, 2.75) is 50.7 Å². The average molecular weight is 397 g/mol. The molecule has 25 heavy (non-hydrogen) atoms. The molecule has 1 unspecified atom stereocenters. The van der Waals surface area contributed by atoms with Crippen LogP contribution in [0.3, 0.4) is 0 Å². The molecule has 0 aromatic carbocycles. The van der Waals surface area contributed by atoms with E-state index in [4.69, 9.17) is 13.3 Å². The van der Waals surface area contributed by atoms with Crippen LogP contribution in [0.2, 0.25) is 43.8 Å². The second-order valence-corrected chi connectivity index (χ2v) is 20.5. The summed E-state index contributed by atoms with van der Waals surface area (Å²) in [5.41, 5.74) is 1.49. The van der Waals surface area contributed by atoms with E-state index in [1.54, 1.807) is 31.7 Å². The maximum atomic E-state index is 5.84. The Labute approximate surface area is 157 Å². The van der Waals surface area contributed by atoms with E-state index in [9.17, 15) is 0 Å². The Balaban J connectivity index is 3.63. The lowest BCUT2D eigenvalue weighted by molar-refractivity contribution is 0.120. The van der Waals surface area contributed by atoms with Crippen molar-refractivity contribution >= 4 is 25.0 Å². The Hall–Kier alpha value is -0.509. The van der Waals surface area contributed by atoms with E-state index >= 15 is 0 Å². The molecule has 0 saturated heterocycles. The van der Waals surface area contributed by atoms with Gasteiger partial charge in [-0.1, -0.05) is 60.4 Å². The molecule has 0 amide bonds. The molecule has 0 saturated carbocycles. The molecule has 1 aliphatic rings. The molecule has 0 aromatic heterocycles. The molecule has 0 bridgehead atoms. The highest BCUT2D eigenvalue weighted by molar-refractivity contribution is 6.94. The molecule has 1 atom stereocenters. The van der Waals surface area contributed by atoms with Crippen LogP contribution in [0.25, 0.3) is 0 Å². The molecule has 0 N–H and O–H groups in total. The van der Waals surface area contributed by atoms with Crippen molar-refractivity contribution < 1.29 is 13.3 Å². The smallest absolute Gasteiger partial charge is 0.376 e. The highest BCUT2D eigenvalue weighted by Crippen LogP contribution is 2.49. The van der Waals surface area contributed by atoms with Crippen LogP contribution in [0.5, 0.6) is 0 Å². The average Bonchev–Trinajstić information content (AvgIpc) is 2.90. The lowest BCUT2D eigenvalue weighted by Gasteiger charge is -2.34. The van der Waals surface area contributed by atoms with Gasteiger partial charge in [-0.15, -0.1) is 13.2 Å². The summed E-state index contributed by atoms with van der Waals surface area (Å²) in [6.07, 6.45) is 6.57. The van der Waals surface area contributed by atoms with Gasteiger partial charge in [0, 0.05) is 21.3 Å². The first-order chi connectivity index (χ1) is 11.6. The molecular weight excluding hydrogens is 360 g/mol. The molecule has 0 aliphatic heterocycles. The first-order valence-corrected chi connectivity index (χ1v) is 17.1. The Kier molecular flexibility index (Phi) is 7.62. The van der Waals surface area contributed by atoms with E-state index in [2.05, 4.69) is 64.5 Å². The Morgan fingerprint density at radius 3 is 1.76 bits per heavy atom. The molecule has 0 aromatic rings. The largest absolute Gasteiger partial charge is 0.511 e. The molecular formula is C19H36O3Si3. The van der Waals surface area contributed by atoms with Crippen LogP contribution in [0, 0.1) is 0 Å². The van der Waals surface area contributed by atoms with Crippen LogP contribution in [0.15, 0.2) is 47.4 Å². The zero-order valence-electron chi connectivity index (χ0n) is 17.4. The van der Waals surface area contributed by atoms with Gasteiger partial charge in [-0.05, 0) is 19.0 Å². The monoisotopic (exact) mass is 396 g/mol. The van der Waals surface area contributed by atoms with E-state index in [-0.39, 0.29) is 5.54 Å². The van der Waals surface area contributed by atoms with E-state index in [1.165, 1.54) is 5.57 Å². The SMILES string of the molecule is C=CC[Si](C)(C)C1=CC([Si](OC)(OC)OC)C(C)=C1[Si](C)(C)CC=C. The van der Waals surface area contributed by atoms with Crippen LogP contribution in [0.4, 0.5) is 0 Å². The molecule has 6 heteroatoms. The molecule has 0 fully saturated rings. The van der Waals surface area contributed by atoms with Crippen molar-refractivity contribution in [1.29, 1.82) is 0 Å². The normalized spacial score (nSPS) is 19.2. The summed E-state index contributed by atoms with van der Waals surface area (Å²) in [6, 6.07) is 2.15. The van der Waals surface area contributed by atoms with Gasteiger partial charge in [-0.3, -0.25) is 0 Å². The Bertz CT molecular complexity index is 564. The summed E-state index contributed by atoms with van der Waals surface area (Å²) < 4.78 is 17.5. The highest BCUT2D eigenvalue weighted by atomic mass is 28.4. The first-order valence-electron chi connectivity index (χ1n) is 8.88. The summed E-state index contributed by atoms with van der Waals surface area (Å²) >= 11 is 0. The van der Waals surface area contributed by atoms with Gasteiger partial charge in [0.1, 0.15) is 0 Å². The molecule has 0 radical (unpaired) electrons. The van der Waals surface area contributed by atoms with E-state index < -0.39 is 25.0 Å². The quantitative estimate of drug-likeness (QED) is 0.367. The molecule has 3 nitrogen and oxygen atoms in total. The van der Waals surface area contributed by atoms with Crippen molar-refractivity contribution in [2.24, 2.45) is 0 Å². The molecule has 1 rings (SSSR count). The Morgan fingerprint density at radius 2 is 1.36 bits per heavy atom. The van der Waals surface area contributed by atoms with E-state index in [1.807, 2.05) is 0 Å². The van der Waals surface area contributed by atoms with Crippen LogP contribution < -0.4 is 0 Å². The van der Waals surface area contributed by atoms with Crippen LogP contribution >= 0.6 is 0 Å². The second kappa shape index (κ2) is 8.45. The number of rotatable bonds is 10. The summed E-state index contributed by atoms with van der Waals surface area (Å²) in [4.78, 5) is 0. The van der Waals surface area contributed by atoms with Gasteiger partial charge < -0.3 is 13.3 Å². The number of allylic oxidation sites excluding steroid dienone is 6. The van der Waals surface area contributed by atoms with Gasteiger partial charge in [0.15, 0.2) is 0 Å². The summed E-state index contributed by atoms with van der Waals surface area (Å²) in [7, 11) is -0.937. The first kappa shape index (κ1) is 22.5. The van der Waals surface area contributed by atoms with Crippen LogP contribution in [0.1, 0.15) is 6.92 Å². The number of hydrogen-bond donors (Lipinski definition) is 0. The van der Waals surface area contributed by atoms with Gasteiger partial charge in [0.2, 0.25) is 0 Å². The van der Waals surface area contributed by atoms with Gasteiger partial charge in [-0.2, -0.15) is 0 Å². The van der Waals surface area contributed by atoms with Gasteiger partial charge in [0.25, 0.3) is 0 Å². The van der Waals surface area contributed by atoms with E-state index in [0.717, 1.165) is 12.1 Å². The fourth-order valence-electron chi connectivity index (χ4n) is 4.14. The van der Waals surface area contributed by atoms with Crippen LogP contribution in [-0.2, 0) is 13.3 Å². The minimum Gasteiger partial charge on any atom is -0.376 e. The fourth-order valence-corrected chi connectivity index (χ4v) is 14.2. The third-order valence-corrected chi connectivity index (χ3v) is 15.2. The zero-order chi connectivity index (χ0) is 19.5. The van der Waals surface area contributed by atoms with Crippen molar-refractivity contribution in [3.05, 3.63) is 47.4 Å². The highest BCUT2D eigenvalue weighted by Gasteiger charge is 2.53. The number of hydrogen-bond acceptors (Lipinski definition) is 3. The second-order valence-electron chi connectivity index (χ2n) is 8.09. The topological polar surface area (TPSA) is 27.7 Å². The fraction of sp³-hybridized carbons (Fsp3) is 0.579. The molecule has 142 valence electrons. The maximum absolute atomic E-state index is 5.84. The summed E-state index contributed by atoms with van der Waals surface area (Å²) in [6.45, 7) is 20.0. The lowest BCUT2D eigenvalue weighted by Crippen LogP contribution is -2.47. The molecule has 0 spiro atoms. The summed E-state index contributed by atoms with van der Waals surface area (Å²) in [5.74, 6) is 0. The predicted molar refractivity (Wildman–Crippen MR) is 116 cm³/mol. The van der Waals surface area contributed by atoms with Gasteiger partial charge in [0.05, 0.1) is 21.7 Å². The van der Waals surface area contributed by atoms with Crippen LogP contribution in [-0.4, -0.2) is 46.3 Å². The Morgan fingerprint density at radius 1 is 0.920 bits per heavy atom. The minimum absolute atomic E-state index is 0.102. The van der Waals surface area contributed by atoms with E-state index in [0.29, 0.717) is 0 Å². The summed E-state index contributed by atoms with van der Waals surface area (Å²) in [5, 5.41) is 3.13. The van der Waals surface area contributed by atoms with Gasteiger partial charge >= 0.3 is 8.80 Å². The maximum Gasteiger partial charge on any atom is 0.511 e. The molecule has 0 heterocycles.